The highest BCUT2D eigenvalue weighted by atomic mass is 16.1. The molecule has 0 spiro atoms. The number of fused-ring (bicyclic) bond motifs is 1. The van der Waals surface area contributed by atoms with Crippen LogP contribution in [0.4, 0.5) is 0 Å². The smallest absolute Gasteiger partial charge is 0.136 e. The van der Waals surface area contributed by atoms with Crippen molar-refractivity contribution in [3.05, 3.63) is 12.2 Å². The lowest BCUT2D eigenvalue weighted by Crippen LogP contribution is -2.10. The number of hydrogen-bond donors (Lipinski definition) is 0. The van der Waals surface area contributed by atoms with E-state index in [4.69, 9.17) is 0 Å². The van der Waals surface area contributed by atoms with Crippen LogP contribution < -0.4 is 0 Å². The Morgan fingerprint density at radius 2 is 2.27 bits per heavy atom. The Labute approximate surface area is 67.5 Å². The number of carbonyl (C=O) groups excluding carboxylic acids is 1. The third-order valence-corrected chi connectivity index (χ3v) is 3.42. The molecule has 0 N–H and O–H groups in total. The van der Waals surface area contributed by atoms with Crippen LogP contribution in [0.2, 0.25) is 0 Å². The molecular formula is C10H14O. The van der Waals surface area contributed by atoms with Gasteiger partial charge in [-0.25, -0.2) is 0 Å². The third-order valence-electron chi connectivity index (χ3n) is 3.42. The number of hydrogen-bond acceptors (Lipinski definition) is 1. The molecular weight excluding hydrogens is 136 g/mol. The van der Waals surface area contributed by atoms with E-state index in [1.54, 1.807) is 0 Å². The molecule has 2 aliphatic carbocycles. The number of allylic oxidation sites excluding steroid dienone is 1. The summed E-state index contributed by atoms with van der Waals surface area (Å²) in [5.41, 5.74) is 1.30. The minimum absolute atomic E-state index is 0.359. The van der Waals surface area contributed by atoms with Crippen LogP contribution in [0.3, 0.4) is 0 Å². The Hall–Kier alpha value is -0.590. The van der Waals surface area contributed by atoms with Crippen LogP contribution >= 0.6 is 0 Å². The summed E-state index contributed by atoms with van der Waals surface area (Å²) in [4.78, 5) is 11.3. The van der Waals surface area contributed by atoms with Crippen LogP contribution in [0.1, 0.15) is 26.2 Å². The molecule has 0 amide bonds. The van der Waals surface area contributed by atoms with Gasteiger partial charge in [-0.15, -0.1) is 0 Å². The molecule has 2 rings (SSSR count). The molecule has 0 radical (unpaired) electrons. The van der Waals surface area contributed by atoms with Gasteiger partial charge in [0.1, 0.15) is 5.78 Å². The number of ketones is 1. The van der Waals surface area contributed by atoms with Crippen LogP contribution in [-0.4, -0.2) is 5.78 Å². The minimum Gasteiger partial charge on any atom is -0.299 e. The second-order valence-corrected chi connectivity index (χ2v) is 3.93. The monoisotopic (exact) mass is 150 g/mol. The SMILES string of the molecule is C=C1C[C@@H]2C(=O)CC[C@@H]2C1C. The minimum atomic E-state index is 0.359. The van der Waals surface area contributed by atoms with E-state index >= 15 is 0 Å². The van der Waals surface area contributed by atoms with Crippen molar-refractivity contribution < 1.29 is 4.79 Å². The summed E-state index contributed by atoms with van der Waals surface area (Å²) in [6.07, 6.45) is 2.92. The Kier molecular flexibility index (Phi) is 1.41. The van der Waals surface area contributed by atoms with E-state index < -0.39 is 0 Å². The van der Waals surface area contributed by atoms with Gasteiger partial charge in [-0.1, -0.05) is 19.1 Å². The maximum Gasteiger partial charge on any atom is 0.136 e. The average Bonchev–Trinajstić information content (AvgIpc) is 2.43. The normalized spacial score (nSPS) is 43.2. The molecule has 1 unspecified atom stereocenters. The highest BCUT2D eigenvalue weighted by Gasteiger charge is 2.43. The lowest BCUT2D eigenvalue weighted by molar-refractivity contribution is -0.120. The van der Waals surface area contributed by atoms with Crippen molar-refractivity contribution in [1.29, 1.82) is 0 Å². The van der Waals surface area contributed by atoms with Gasteiger partial charge in [0, 0.05) is 12.3 Å². The highest BCUT2D eigenvalue weighted by Crippen LogP contribution is 2.47. The molecule has 0 aromatic rings. The Balaban J connectivity index is 2.24. The highest BCUT2D eigenvalue weighted by molar-refractivity contribution is 5.84. The predicted octanol–water partition coefficient (Wildman–Crippen LogP) is 2.18. The zero-order chi connectivity index (χ0) is 8.01. The molecule has 1 heteroatoms. The van der Waals surface area contributed by atoms with Gasteiger partial charge >= 0.3 is 0 Å². The molecule has 0 saturated heterocycles. The molecule has 0 aromatic heterocycles. The summed E-state index contributed by atoms with van der Waals surface area (Å²) in [6.45, 7) is 6.21. The molecule has 0 bridgehead atoms. The van der Waals surface area contributed by atoms with E-state index in [0.717, 1.165) is 19.3 Å². The van der Waals surface area contributed by atoms with Crippen molar-refractivity contribution >= 4 is 5.78 Å². The fourth-order valence-corrected chi connectivity index (χ4v) is 2.57. The van der Waals surface area contributed by atoms with Crippen molar-refractivity contribution in [1.82, 2.24) is 0 Å². The predicted molar refractivity (Wildman–Crippen MR) is 44.1 cm³/mol. The van der Waals surface area contributed by atoms with E-state index in [1.165, 1.54) is 5.57 Å². The number of carbonyl (C=O) groups is 1. The Morgan fingerprint density at radius 1 is 1.55 bits per heavy atom. The second kappa shape index (κ2) is 2.20. The van der Waals surface area contributed by atoms with Crippen molar-refractivity contribution in [2.45, 2.75) is 26.2 Å². The molecule has 11 heavy (non-hydrogen) atoms. The summed E-state index contributed by atoms with van der Waals surface area (Å²) in [5.74, 6) is 2.10. The summed E-state index contributed by atoms with van der Waals surface area (Å²) in [5, 5.41) is 0. The number of Topliss-reactive ketones (excluding diaryl/α,β-unsaturated/α-hetero) is 1. The average molecular weight is 150 g/mol. The molecule has 0 aromatic carbocycles. The lowest BCUT2D eigenvalue weighted by Gasteiger charge is -2.11. The molecule has 2 fully saturated rings. The van der Waals surface area contributed by atoms with E-state index in [9.17, 15) is 4.79 Å². The van der Waals surface area contributed by atoms with Crippen molar-refractivity contribution in [3.8, 4) is 0 Å². The van der Waals surface area contributed by atoms with Crippen LogP contribution in [-0.2, 0) is 4.79 Å². The second-order valence-electron chi connectivity index (χ2n) is 3.93. The maximum atomic E-state index is 11.3. The van der Waals surface area contributed by atoms with E-state index in [0.29, 0.717) is 23.5 Å². The van der Waals surface area contributed by atoms with Gasteiger partial charge < -0.3 is 0 Å². The first-order chi connectivity index (χ1) is 5.20. The molecule has 2 saturated carbocycles. The molecule has 0 aliphatic heterocycles. The molecule has 3 atom stereocenters. The van der Waals surface area contributed by atoms with Gasteiger partial charge in [-0.05, 0) is 24.7 Å². The summed E-state index contributed by atoms with van der Waals surface area (Å²) < 4.78 is 0. The van der Waals surface area contributed by atoms with Crippen molar-refractivity contribution in [2.75, 3.05) is 0 Å². The largest absolute Gasteiger partial charge is 0.299 e. The Bertz CT molecular complexity index is 215. The van der Waals surface area contributed by atoms with Crippen LogP contribution in [0, 0.1) is 17.8 Å². The van der Waals surface area contributed by atoms with Crippen LogP contribution in [0.5, 0.6) is 0 Å². The standard InChI is InChI=1S/C10H14O/c1-6-5-9-8(7(6)2)3-4-10(9)11/h7-9H,1,3-5H2,2H3/t7?,8-,9+/m1/s1. The van der Waals surface area contributed by atoms with Gasteiger partial charge in [0.05, 0.1) is 0 Å². The quantitative estimate of drug-likeness (QED) is 0.484. The summed E-state index contributed by atoms with van der Waals surface area (Å²) in [6, 6.07) is 0. The Morgan fingerprint density at radius 3 is 2.91 bits per heavy atom. The molecule has 2 aliphatic rings. The first-order valence-corrected chi connectivity index (χ1v) is 4.40. The van der Waals surface area contributed by atoms with E-state index in [1.807, 2.05) is 0 Å². The fraction of sp³-hybridized carbons (Fsp3) is 0.700. The van der Waals surface area contributed by atoms with Gasteiger partial charge in [-0.3, -0.25) is 4.79 Å². The zero-order valence-electron chi connectivity index (χ0n) is 6.97. The molecule has 0 heterocycles. The van der Waals surface area contributed by atoms with Crippen LogP contribution in [0.15, 0.2) is 12.2 Å². The summed E-state index contributed by atoms with van der Waals surface area (Å²) >= 11 is 0. The first-order valence-electron chi connectivity index (χ1n) is 4.40. The topological polar surface area (TPSA) is 17.1 Å². The van der Waals surface area contributed by atoms with Gasteiger partial charge in [0.25, 0.3) is 0 Å². The van der Waals surface area contributed by atoms with Crippen LogP contribution in [0.25, 0.3) is 0 Å². The zero-order valence-corrected chi connectivity index (χ0v) is 6.97. The molecule has 1 nitrogen and oxygen atoms in total. The molecule has 60 valence electrons. The van der Waals surface area contributed by atoms with Gasteiger partial charge in [-0.2, -0.15) is 0 Å². The summed E-state index contributed by atoms with van der Waals surface area (Å²) in [7, 11) is 0. The van der Waals surface area contributed by atoms with E-state index in [2.05, 4.69) is 13.5 Å². The third kappa shape index (κ3) is 0.867. The van der Waals surface area contributed by atoms with Gasteiger partial charge in [0.2, 0.25) is 0 Å². The van der Waals surface area contributed by atoms with Crippen molar-refractivity contribution in [2.24, 2.45) is 17.8 Å². The maximum absolute atomic E-state index is 11.3. The first kappa shape index (κ1) is 7.08. The lowest BCUT2D eigenvalue weighted by atomic mass is 9.93. The van der Waals surface area contributed by atoms with E-state index in [-0.39, 0.29) is 0 Å². The van der Waals surface area contributed by atoms with Gasteiger partial charge in [0.15, 0.2) is 0 Å². The van der Waals surface area contributed by atoms with Crippen molar-refractivity contribution in [3.63, 3.8) is 0 Å². The fourth-order valence-electron chi connectivity index (χ4n) is 2.57. The number of rotatable bonds is 0.